The molecule has 0 fully saturated rings. The second-order valence-corrected chi connectivity index (χ2v) is 5.39. The van der Waals surface area contributed by atoms with Crippen molar-refractivity contribution in [1.29, 1.82) is 5.26 Å². The van der Waals surface area contributed by atoms with E-state index in [2.05, 4.69) is 4.74 Å². The number of hydrogen-bond donors (Lipinski definition) is 0. The zero-order chi connectivity index (χ0) is 19.4. The number of hydrogen-bond acceptors (Lipinski definition) is 3. The third-order valence-corrected chi connectivity index (χ3v) is 3.58. The molecule has 8 heteroatoms. The van der Waals surface area contributed by atoms with Crippen LogP contribution < -0.4 is 4.74 Å². The van der Waals surface area contributed by atoms with E-state index in [1.165, 1.54) is 6.07 Å². The molecule has 2 rings (SSSR count). The first kappa shape index (κ1) is 19.4. The quantitative estimate of drug-likeness (QED) is 0.329. The molecule has 0 heterocycles. The number of rotatable bonds is 5. The van der Waals surface area contributed by atoms with E-state index in [9.17, 15) is 26.7 Å². The van der Waals surface area contributed by atoms with Gasteiger partial charge in [0.05, 0.1) is 0 Å². The number of benzene rings is 2. The summed E-state index contributed by atoms with van der Waals surface area (Å²) in [5.74, 6) is -9.51. The van der Waals surface area contributed by atoms with Crippen molar-refractivity contribution < 1.29 is 31.5 Å². The van der Waals surface area contributed by atoms with Gasteiger partial charge in [-0.15, -0.1) is 0 Å². The largest absolute Gasteiger partial charge is 0.423 e. The lowest BCUT2D eigenvalue weighted by Gasteiger charge is -2.10. The van der Waals surface area contributed by atoms with Gasteiger partial charge in [0.1, 0.15) is 40.4 Å². The first-order valence-corrected chi connectivity index (χ1v) is 7.57. The maximum atomic E-state index is 14.1. The summed E-state index contributed by atoms with van der Waals surface area (Å²) in [6, 6.07) is 2.95. The van der Waals surface area contributed by atoms with Crippen molar-refractivity contribution in [3.05, 3.63) is 64.0 Å². The lowest BCUT2D eigenvalue weighted by molar-refractivity contribution is 0.0722. The summed E-state index contributed by atoms with van der Waals surface area (Å²) in [5, 5.41) is 8.56. The van der Waals surface area contributed by atoms with Crippen LogP contribution in [0.1, 0.15) is 41.3 Å². The normalized spacial score (nSPS) is 10.5. The van der Waals surface area contributed by atoms with Gasteiger partial charge in [0.25, 0.3) is 0 Å². The molecule has 0 amide bonds. The number of halogens is 5. The summed E-state index contributed by atoms with van der Waals surface area (Å²) in [6.45, 7) is 1.81. The SMILES string of the molecule is CCCCc1cc(F)c(C(=O)Oc2cc(F)c(C#N)c(F)c2)c(F)c1F. The molecule has 0 aliphatic heterocycles. The van der Waals surface area contributed by atoms with Gasteiger partial charge in [-0.05, 0) is 24.5 Å². The molecular formula is C18H12F5NO2. The Balaban J connectivity index is 2.36. The van der Waals surface area contributed by atoms with Gasteiger partial charge in [0.15, 0.2) is 11.6 Å². The fraction of sp³-hybridized carbons (Fsp3) is 0.222. The van der Waals surface area contributed by atoms with Gasteiger partial charge in [-0.2, -0.15) is 5.26 Å². The van der Waals surface area contributed by atoms with Crippen molar-refractivity contribution in [3.63, 3.8) is 0 Å². The maximum Gasteiger partial charge on any atom is 0.349 e. The van der Waals surface area contributed by atoms with E-state index in [-0.39, 0.29) is 12.0 Å². The van der Waals surface area contributed by atoms with E-state index in [4.69, 9.17) is 5.26 Å². The van der Waals surface area contributed by atoms with E-state index in [1.54, 1.807) is 0 Å². The first-order valence-electron chi connectivity index (χ1n) is 7.57. The number of carbonyl (C=O) groups is 1. The van der Waals surface area contributed by atoms with Crippen molar-refractivity contribution in [2.45, 2.75) is 26.2 Å². The third-order valence-electron chi connectivity index (χ3n) is 3.58. The standard InChI is InChI=1S/C18H12F5NO2/c1-2-3-4-9-5-14(21)15(17(23)16(9)22)18(25)26-10-6-12(19)11(8-24)13(20)7-10/h5-7H,2-4H2,1H3. The van der Waals surface area contributed by atoms with E-state index in [0.29, 0.717) is 31.0 Å². The van der Waals surface area contributed by atoms with Gasteiger partial charge in [0, 0.05) is 12.1 Å². The number of aryl methyl sites for hydroxylation is 1. The molecule has 0 saturated carbocycles. The Kier molecular flexibility index (Phi) is 5.93. The topological polar surface area (TPSA) is 50.1 Å². The predicted molar refractivity (Wildman–Crippen MR) is 81.0 cm³/mol. The van der Waals surface area contributed by atoms with Crippen molar-refractivity contribution in [3.8, 4) is 11.8 Å². The zero-order valence-corrected chi connectivity index (χ0v) is 13.5. The third kappa shape index (κ3) is 3.82. The van der Waals surface area contributed by atoms with Crippen LogP contribution >= 0.6 is 0 Å². The number of ether oxygens (including phenoxy) is 1. The summed E-state index contributed by atoms with van der Waals surface area (Å²) >= 11 is 0. The van der Waals surface area contributed by atoms with E-state index in [0.717, 1.165) is 0 Å². The summed E-state index contributed by atoms with van der Waals surface area (Å²) < 4.78 is 73.6. The zero-order valence-electron chi connectivity index (χ0n) is 13.5. The highest BCUT2D eigenvalue weighted by Gasteiger charge is 2.26. The number of nitrogens with zero attached hydrogens (tertiary/aromatic N) is 1. The minimum atomic E-state index is -1.74. The minimum Gasteiger partial charge on any atom is -0.423 e. The molecule has 0 aromatic heterocycles. The lowest BCUT2D eigenvalue weighted by atomic mass is 10.0. The Morgan fingerprint density at radius 3 is 2.19 bits per heavy atom. The van der Waals surface area contributed by atoms with Crippen molar-refractivity contribution >= 4 is 5.97 Å². The molecule has 3 nitrogen and oxygen atoms in total. The van der Waals surface area contributed by atoms with E-state index in [1.807, 2.05) is 6.92 Å². The van der Waals surface area contributed by atoms with Gasteiger partial charge in [-0.1, -0.05) is 13.3 Å². The summed E-state index contributed by atoms with van der Waals surface area (Å²) in [6.07, 6.45) is 1.24. The second kappa shape index (κ2) is 7.95. The van der Waals surface area contributed by atoms with Crippen LogP contribution in [0.3, 0.4) is 0 Å². The van der Waals surface area contributed by atoms with Gasteiger partial charge >= 0.3 is 5.97 Å². The number of unbranched alkanes of at least 4 members (excludes halogenated alkanes) is 1. The Hall–Kier alpha value is -2.95. The van der Waals surface area contributed by atoms with Crippen molar-refractivity contribution in [2.75, 3.05) is 0 Å². The van der Waals surface area contributed by atoms with Gasteiger partial charge in [-0.25, -0.2) is 26.7 Å². The maximum absolute atomic E-state index is 14.1. The molecule has 0 saturated heterocycles. The van der Waals surface area contributed by atoms with Crippen LogP contribution in [0.4, 0.5) is 22.0 Å². The molecule has 0 bridgehead atoms. The Labute approximate surface area is 145 Å². The molecular weight excluding hydrogens is 357 g/mol. The average Bonchev–Trinajstić information content (AvgIpc) is 2.56. The number of carbonyl (C=O) groups excluding carboxylic acids is 1. The van der Waals surface area contributed by atoms with Gasteiger partial charge in [-0.3, -0.25) is 0 Å². The summed E-state index contributed by atoms with van der Waals surface area (Å²) in [7, 11) is 0. The van der Waals surface area contributed by atoms with Crippen LogP contribution in [-0.4, -0.2) is 5.97 Å². The molecule has 136 valence electrons. The molecule has 26 heavy (non-hydrogen) atoms. The van der Waals surface area contributed by atoms with E-state index < -0.39 is 51.9 Å². The second-order valence-electron chi connectivity index (χ2n) is 5.39. The highest BCUT2D eigenvalue weighted by atomic mass is 19.2. The molecule has 0 atom stereocenters. The van der Waals surface area contributed by atoms with Crippen LogP contribution in [0, 0.1) is 40.4 Å². The molecule has 0 aliphatic rings. The molecule has 0 aliphatic carbocycles. The predicted octanol–water partition coefficient (Wildman–Crippen LogP) is 4.82. The number of nitriles is 1. The number of esters is 1. The summed E-state index contributed by atoms with van der Waals surface area (Å²) in [5.41, 5.74) is -2.45. The molecule has 0 radical (unpaired) electrons. The van der Waals surface area contributed by atoms with E-state index >= 15 is 0 Å². The van der Waals surface area contributed by atoms with Crippen LogP contribution in [0.5, 0.6) is 5.75 Å². The van der Waals surface area contributed by atoms with Gasteiger partial charge in [0.2, 0.25) is 0 Å². The molecule has 0 spiro atoms. The smallest absolute Gasteiger partial charge is 0.349 e. The molecule has 2 aromatic rings. The van der Waals surface area contributed by atoms with Crippen molar-refractivity contribution in [1.82, 2.24) is 0 Å². The van der Waals surface area contributed by atoms with Crippen LogP contribution in [0.25, 0.3) is 0 Å². The van der Waals surface area contributed by atoms with Crippen LogP contribution in [-0.2, 0) is 6.42 Å². The average molecular weight is 369 g/mol. The summed E-state index contributed by atoms with van der Waals surface area (Å²) in [4.78, 5) is 11.9. The monoisotopic (exact) mass is 369 g/mol. The van der Waals surface area contributed by atoms with Gasteiger partial charge < -0.3 is 4.74 Å². The lowest BCUT2D eigenvalue weighted by Crippen LogP contribution is -2.16. The van der Waals surface area contributed by atoms with Crippen molar-refractivity contribution in [2.24, 2.45) is 0 Å². The molecule has 0 unspecified atom stereocenters. The fourth-order valence-corrected chi connectivity index (χ4v) is 2.25. The van der Waals surface area contributed by atoms with Crippen LogP contribution in [0.15, 0.2) is 18.2 Å². The first-order chi connectivity index (χ1) is 12.3. The fourth-order valence-electron chi connectivity index (χ4n) is 2.25. The Bertz CT molecular complexity index is 882. The molecule has 2 aromatic carbocycles. The Morgan fingerprint density at radius 1 is 1.04 bits per heavy atom. The Morgan fingerprint density at radius 2 is 1.65 bits per heavy atom. The highest BCUT2D eigenvalue weighted by molar-refractivity contribution is 5.91. The highest BCUT2D eigenvalue weighted by Crippen LogP contribution is 2.25. The molecule has 0 N–H and O–H groups in total. The van der Waals surface area contributed by atoms with Crippen LogP contribution in [0.2, 0.25) is 0 Å². The minimum absolute atomic E-state index is 0.0809.